The highest BCUT2D eigenvalue weighted by Crippen LogP contribution is 2.24. The summed E-state index contributed by atoms with van der Waals surface area (Å²) in [6.07, 6.45) is 0.107. The summed E-state index contributed by atoms with van der Waals surface area (Å²) in [4.78, 5) is 0. The van der Waals surface area contributed by atoms with Crippen LogP contribution >= 0.6 is 0 Å². The molecule has 0 aromatic heterocycles. The van der Waals surface area contributed by atoms with Gasteiger partial charge in [-0.25, -0.2) is 0 Å². The summed E-state index contributed by atoms with van der Waals surface area (Å²) in [5.74, 6) is 0. The average Bonchev–Trinajstić information content (AvgIpc) is 2.17. The minimum atomic E-state index is -5.47. The molecule has 1 aromatic carbocycles. The van der Waals surface area contributed by atoms with Gasteiger partial charge in [0.1, 0.15) is 0 Å². The standard InChI is InChI=1S/C9H9F3O3S/c10-9(11,12)16(13,14)15-7-6-8-4-2-1-3-5-8/h1-5H,6-7H2. The number of benzene rings is 1. The topological polar surface area (TPSA) is 43.4 Å². The number of hydrogen-bond donors (Lipinski definition) is 0. The van der Waals surface area contributed by atoms with Crippen LogP contribution in [0.2, 0.25) is 0 Å². The molecule has 0 aliphatic carbocycles. The SMILES string of the molecule is O=S(=O)(OCCc1ccccc1)C(F)(F)F. The fraction of sp³-hybridized carbons (Fsp3) is 0.333. The molecule has 0 atom stereocenters. The van der Waals surface area contributed by atoms with Gasteiger partial charge < -0.3 is 0 Å². The summed E-state index contributed by atoms with van der Waals surface area (Å²) >= 11 is 0. The second-order valence-electron chi connectivity index (χ2n) is 2.96. The van der Waals surface area contributed by atoms with Crippen LogP contribution in [0, 0.1) is 0 Å². The van der Waals surface area contributed by atoms with Gasteiger partial charge in [-0.05, 0) is 12.0 Å². The molecule has 0 unspecified atom stereocenters. The van der Waals surface area contributed by atoms with Gasteiger partial charge in [0, 0.05) is 0 Å². The monoisotopic (exact) mass is 254 g/mol. The molecule has 16 heavy (non-hydrogen) atoms. The van der Waals surface area contributed by atoms with Crippen LogP contribution in [0.25, 0.3) is 0 Å². The lowest BCUT2D eigenvalue weighted by Gasteiger charge is -2.07. The van der Waals surface area contributed by atoms with Gasteiger partial charge in [-0.2, -0.15) is 21.6 Å². The Morgan fingerprint density at radius 1 is 1.12 bits per heavy atom. The Bertz CT molecular complexity index is 425. The Morgan fingerprint density at radius 3 is 2.19 bits per heavy atom. The molecule has 0 aliphatic rings. The average molecular weight is 254 g/mol. The normalized spacial score (nSPS) is 12.7. The third-order valence-electron chi connectivity index (χ3n) is 1.76. The second-order valence-corrected chi connectivity index (χ2v) is 4.56. The predicted octanol–water partition coefficient (Wildman–Crippen LogP) is 2.10. The molecule has 7 heteroatoms. The van der Waals surface area contributed by atoms with Crippen molar-refractivity contribution in [2.24, 2.45) is 0 Å². The first-order valence-corrected chi connectivity index (χ1v) is 5.73. The number of alkyl halides is 3. The molecule has 0 radical (unpaired) electrons. The van der Waals surface area contributed by atoms with Gasteiger partial charge in [-0.1, -0.05) is 30.3 Å². The van der Waals surface area contributed by atoms with E-state index >= 15 is 0 Å². The Hall–Kier alpha value is -1.08. The first-order chi connectivity index (χ1) is 7.33. The van der Waals surface area contributed by atoms with Crippen LogP contribution in [-0.2, 0) is 20.7 Å². The van der Waals surface area contributed by atoms with Crippen molar-refractivity contribution < 1.29 is 25.8 Å². The molecule has 0 spiro atoms. The third kappa shape index (κ3) is 3.49. The summed E-state index contributed by atoms with van der Waals surface area (Å²) in [5.41, 5.74) is -4.65. The van der Waals surface area contributed by atoms with Crippen molar-refractivity contribution in [3.05, 3.63) is 35.9 Å². The maximum absolute atomic E-state index is 11.8. The van der Waals surface area contributed by atoms with Crippen LogP contribution in [-0.4, -0.2) is 20.5 Å². The number of rotatable bonds is 4. The number of hydrogen-bond acceptors (Lipinski definition) is 3. The quantitative estimate of drug-likeness (QED) is 0.610. The van der Waals surface area contributed by atoms with Gasteiger partial charge >= 0.3 is 15.6 Å². The van der Waals surface area contributed by atoms with E-state index in [1.807, 2.05) is 0 Å². The second kappa shape index (κ2) is 4.84. The van der Waals surface area contributed by atoms with Crippen LogP contribution < -0.4 is 0 Å². The van der Waals surface area contributed by atoms with Crippen LogP contribution in [0.1, 0.15) is 5.56 Å². The Balaban J connectivity index is 2.49. The van der Waals surface area contributed by atoms with E-state index < -0.39 is 22.2 Å². The molecule has 0 bridgehead atoms. The fourth-order valence-corrected chi connectivity index (χ4v) is 1.42. The Labute approximate surface area is 91.0 Å². The van der Waals surface area contributed by atoms with Gasteiger partial charge in [-0.15, -0.1) is 0 Å². The zero-order valence-electron chi connectivity index (χ0n) is 8.07. The zero-order chi connectivity index (χ0) is 12.2. The molecule has 1 aromatic rings. The molecule has 3 nitrogen and oxygen atoms in total. The van der Waals surface area contributed by atoms with Crippen molar-refractivity contribution in [1.82, 2.24) is 0 Å². The third-order valence-corrected chi connectivity index (χ3v) is 2.80. The summed E-state index contributed by atoms with van der Waals surface area (Å²) in [6, 6.07) is 8.49. The highest BCUT2D eigenvalue weighted by atomic mass is 32.2. The minimum absolute atomic E-state index is 0.107. The Morgan fingerprint density at radius 2 is 1.69 bits per heavy atom. The molecular formula is C9H9F3O3S. The van der Waals surface area contributed by atoms with Crippen molar-refractivity contribution in [1.29, 1.82) is 0 Å². The highest BCUT2D eigenvalue weighted by Gasteiger charge is 2.47. The summed E-state index contributed by atoms with van der Waals surface area (Å²) in [7, 11) is -5.47. The van der Waals surface area contributed by atoms with Crippen molar-refractivity contribution >= 4 is 10.1 Å². The van der Waals surface area contributed by atoms with E-state index in [0.717, 1.165) is 0 Å². The molecule has 0 aliphatic heterocycles. The minimum Gasteiger partial charge on any atom is -0.263 e. The van der Waals surface area contributed by atoms with E-state index in [9.17, 15) is 21.6 Å². The maximum atomic E-state index is 11.8. The van der Waals surface area contributed by atoms with Crippen LogP contribution in [0.5, 0.6) is 0 Å². The van der Waals surface area contributed by atoms with Gasteiger partial charge in [0.05, 0.1) is 6.61 Å². The van der Waals surface area contributed by atoms with Crippen molar-refractivity contribution in [3.8, 4) is 0 Å². The molecule has 0 amide bonds. The molecule has 0 N–H and O–H groups in total. The van der Waals surface area contributed by atoms with Gasteiger partial charge in [-0.3, -0.25) is 4.18 Å². The van der Waals surface area contributed by atoms with Gasteiger partial charge in [0.15, 0.2) is 0 Å². The van der Waals surface area contributed by atoms with Crippen molar-refractivity contribution in [2.75, 3.05) is 6.61 Å². The van der Waals surface area contributed by atoms with E-state index in [1.165, 1.54) is 0 Å². The van der Waals surface area contributed by atoms with E-state index in [2.05, 4.69) is 4.18 Å². The van der Waals surface area contributed by atoms with Crippen LogP contribution in [0.15, 0.2) is 30.3 Å². The molecule has 0 fully saturated rings. The lowest BCUT2D eigenvalue weighted by Crippen LogP contribution is -2.26. The fourth-order valence-electron chi connectivity index (χ4n) is 0.981. The summed E-state index contributed by atoms with van der Waals surface area (Å²) in [6.45, 7) is -0.522. The van der Waals surface area contributed by atoms with E-state index in [-0.39, 0.29) is 6.42 Å². The Kier molecular flexibility index (Phi) is 3.93. The maximum Gasteiger partial charge on any atom is 0.523 e. The molecule has 1 rings (SSSR count). The number of halogens is 3. The molecule has 0 saturated carbocycles. The first kappa shape index (κ1) is 13.0. The van der Waals surface area contributed by atoms with Gasteiger partial charge in [0.25, 0.3) is 0 Å². The van der Waals surface area contributed by atoms with Crippen molar-refractivity contribution in [3.63, 3.8) is 0 Å². The van der Waals surface area contributed by atoms with E-state index in [0.29, 0.717) is 5.56 Å². The van der Waals surface area contributed by atoms with E-state index in [4.69, 9.17) is 0 Å². The molecule has 90 valence electrons. The smallest absolute Gasteiger partial charge is 0.263 e. The van der Waals surface area contributed by atoms with Gasteiger partial charge in [0.2, 0.25) is 0 Å². The highest BCUT2D eigenvalue weighted by molar-refractivity contribution is 7.87. The van der Waals surface area contributed by atoms with Crippen molar-refractivity contribution in [2.45, 2.75) is 11.9 Å². The van der Waals surface area contributed by atoms with Crippen LogP contribution in [0.4, 0.5) is 13.2 Å². The zero-order valence-corrected chi connectivity index (χ0v) is 8.88. The predicted molar refractivity (Wildman–Crippen MR) is 51.1 cm³/mol. The first-order valence-electron chi connectivity index (χ1n) is 4.32. The molecular weight excluding hydrogens is 245 g/mol. The lowest BCUT2D eigenvalue weighted by atomic mass is 10.2. The van der Waals surface area contributed by atoms with E-state index in [1.54, 1.807) is 30.3 Å². The lowest BCUT2D eigenvalue weighted by molar-refractivity contribution is -0.0541. The molecule has 0 saturated heterocycles. The summed E-state index contributed by atoms with van der Waals surface area (Å²) < 4.78 is 60.4. The largest absolute Gasteiger partial charge is 0.523 e. The summed E-state index contributed by atoms with van der Waals surface area (Å²) in [5, 5.41) is 0. The molecule has 0 heterocycles. The van der Waals surface area contributed by atoms with Crippen LogP contribution in [0.3, 0.4) is 0 Å².